The van der Waals surface area contributed by atoms with Crippen molar-refractivity contribution < 1.29 is 4.79 Å². The number of benzene rings is 1. The number of carbonyl (C=O) groups excluding carboxylic acids is 1. The minimum Gasteiger partial charge on any atom is -0.349 e. The number of carbonyl (C=O) groups is 1. The average molecular weight is 363 g/mol. The van der Waals surface area contributed by atoms with Crippen LogP contribution >= 0.6 is 34.3 Å². The van der Waals surface area contributed by atoms with Crippen molar-refractivity contribution in [3.8, 4) is 10.6 Å². The van der Waals surface area contributed by atoms with Gasteiger partial charge in [0, 0.05) is 21.3 Å². The standard InChI is InChI=1S/C17H15ClN2OS2/c1-11(12-3-2-4-14(18)7-12)19-16(21)8-15-10-23-17(20-15)13-5-6-22-9-13/h2-7,9-11H,8H2,1H3,(H,19,21). The van der Waals surface area contributed by atoms with E-state index in [1.165, 1.54) is 0 Å². The molecular weight excluding hydrogens is 348 g/mol. The molecule has 2 heterocycles. The van der Waals surface area contributed by atoms with Gasteiger partial charge in [-0.25, -0.2) is 4.98 Å². The Balaban J connectivity index is 1.61. The van der Waals surface area contributed by atoms with Gasteiger partial charge in [-0.1, -0.05) is 23.7 Å². The van der Waals surface area contributed by atoms with Gasteiger partial charge >= 0.3 is 0 Å². The maximum atomic E-state index is 12.2. The third-order valence-electron chi connectivity index (χ3n) is 3.39. The topological polar surface area (TPSA) is 42.0 Å². The normalized spacial score (nSPS) is 12.1. The van der Waals surface area contributed by atoms with Gasteiger partial charge in [0.15, 0.2) is 0 Å². The Kier molecular flexibility index (Phi) is 5.10. The highest BCUT2D eigenvalue weighted by molar-refractivity contribution is 7.14. The summed E-state index contributed by atoms with van der Waals surface area (Å²) in [5.74, 6) is -0.0420. The summed E-state index contributed by atoms with van der Waals surface area (Å²) in [6, 6.07) is 9.47. The van der Waals surface area contributed by atoms with Crippen LogP contribution in [0.4, 0.5) is 0 Å². The fourth-order valence-corrected chi connectivity index (χ4v) is 3.95. The summed E-state index contributed by atoms with van der Waals surface area (Å²) >= 11 is 9.19. The van der Waals surface area contributed by atoms with Crippen LogP contribution in [0.3, 0.4) is 0 Å². The maximum Gasteiger partial charge on any atom is 0.226 e. The molecule has 1 atom stereocenters. The first-order chi connectivity index (χ1) is 11.1. The van der Waals surface area contributed by atoms with E-state index in [0.717, 1.165) is 21.8 Å². The zero-order chi connectivity index (χ0) is 16.2. The molecule has 3 nitrogen and oxygen atoms in total. The molecule has 0 bridgehead atoms. The monoisotopic (exact) mass is 362 g/mol. The number of hydrogen-bond donors (Lipinski definition) is 1. The van der Waals surface area contributed by atoms with Gasteiger partial charge in [-0.05, 0) is 36.1 Å². The molecule has 118 valence electrons. The molecule has 1 amide bonds. The highest BCUT2D eigenvalue weighted by atomic mass is 35.5. The van der Waals surface area contributed by atoms with E-state index in [0.29, 0.717) is 5.02 Å². The van der Waals surface area contributed by atoms with Crippen molar-refractivity contribution >= 4 is 40.2 Å². The van der Waals surface area contributed by atoms with E-state index in [2.05, 4.69) is 15.7 Å². The van der Waals surface area contributed by atoms with Gasteiger partial charge in [-0.2, -0.15) is 11.3 Å². The molecule has 0 spiro atoms. The van der Waals surface area contributed by atoms with Crippen LogP contribution in [-0.2, 0) is 11.2 Å². The Bertz CT molecular complexity index is 799. The quantitative estimate of drug-likeness (QED) is 0.698. The molecule has 2 aromatic heterocycles. The molecule has 6 heteroatoms. The van der Waals surface area contributed by atoms with E-state index in [4.69, 9.17) is 11.6 Å². The summed E-state index contributed by atoms with van der Waals surface area (Å²) in [5, 5.41) is 10.6. The molecule has 0 fully saturated rings. The van der Waals surface area contributed by atoms with Gasteiger partial charge in [0.05, 0.1) is 18.2 Å². The minimum atomic E-state index is -0.0869. The van der Waals surface area contributed by atoms with E-state index in [1.807, 2.05) is 48.0 Å². The van der Waals surface area contributed by atoms with E-state index in [9.17, 15) is 4.79 Å². The highest BCUT2D eigenvalue weighted by Gasteiger charge is 2.13. The van der Waals surface area contributed by atoms with Crippen LogP contribution in [0.2, 0.25) is 5.02 Å². The summed E-state index contributed by atoms with van der Waals surface area (Å²) in [6.45, 7) is 1.95. The van der Waals surface area contributed by atoms with Crippen LogP contribution in [-0.4, -0.2) is 10.9 Å². The molecule has 23 heavy (non-hydrogen) atoms. The molecule has 3 aromatic rings. The highest BCUT2D eigenvalue weighted by Crippen LogP contribution is 2.26. The first-order valence-corrected chi connectivity index (χ1v) is 9.33. The fourth-order valence-electron chi connectivity index (χ4n) is 2.22. The number of halogens is 1. The minimum absolute atomic E-state index is 0.0420. The lowest BCUT2D eigenvalue weighted by Gasteiger charge is -2.14. The third kappa shape index (κ3) is 4.19. The van der Waals surface area contributed by atoms with Gasteiger partial charge < -0.3 is 5.32 Å². The Morgan fingerprint density at radius 1 is 1.35 bits per heavy atom. The Morgan fingerprint density at radius 3 is 2.96 bits per heavy atom. The number of aromatic nitrogens is 1. The van der Waals surface area contributed by atoms with Crippen LogP contribution in [0, 0.1) is 0 Å². The van der Waals surface area contributed by atoms with Crippen LogP contribution in [0.1, 0.15) is 24.2 Å². The van der Waals surface area contributed by atoms with Crippen LogP contribution < -0.4 is 5.32 Å². The SMILES string of the molecule is CC(NC(=O)Cc1csc(-c2ccsc2)n1)c1cccc(Cl)c1. The van der Waals surface area contributed by atoms with Gasteiger partial charge in [-0.3, -0.25) is 4.79 Å². The molecule has 1 N–H and O–H groups in total. The first kappa shape index (κ1) is 16.2. The number of nitrogens with zero attached hydrogens (tertiary/aromatic N) is 1. The molecule has 0 aliphatic heterocycles. The van der Waals surface area contributed by atoms with Crippen LogP contribution in [0.5, 0.6) is 0 Å². The molecule has 0 aliphatic carbocycles. The Hall–Kier alpha value is -1.69. The van der Waals surface area contributed by atoms with Crippen LogP contribution in [0.15, 0.2) is 46.5 Å². The Morgan fingerprint density at radius 2 is 2.22 bits per heavy atom. The molecule has 3 rings (SSSR count). The summed E-state index contributed by atoms with van der Waals surface area (Å²) < 4.78 is 0. The number of thiophene rings is 1. The molecule has 0 saturated heterocycles. The zero-order valence-electron chi connectivity index (χ0n) is 12.5. The number of thiazole rings is 1. The van der Waals surface area contributed by atoms with Crippen molar-refractivity contribution in [1.29, 1.82) is 0 Å². The summed E-state index contributed by atoms with van der Waals surface area (Å²) in [6.07, 6.45) is 0.283. The van der Waals surface area contributed by atoms with Gasteiger partial charge in [0.25, 0.3) is 0 Å². The number of amides is 1. The van der Waals surface area contributed by atoms with Crippen molar-refractivity contribution in [2.24, 2.45) is 0 Å². The Labute approximate surface area is 148 Å². The van der Waals surface area contributed by atoms with E-state index in [-0.39, 0.29) is 18.4 Å². The number of hydrogen-bond acceptors (Lipinski definition) is 4. The van der Waals surface area contributed by atoms with Crippen molar-refractivity contribution in [2.45, 2.75) is 19.4 Å². The third-order valence-corrected chi connectivity index (χ3v) is 5.25. The first-order valence-electron chi connectivity index (χ1n) is 7.13. The molecular formula is C17H15ClN2OS2. The predicted molar refractivity (Wildman–Crippen MR) is 97.1 cm³/mol. The summed E-state index contributed by atoms with van der Waals surface area (Å²) in [5.41, 5.74) is 2.90. The second-order valence-corrected chi connectivity index (χ2v) is 7.25. The average Bonchev–Trinajstić information content (AvgIpc) is 3.17. The molecule has 1 unspecified atom stereocenters. The van der Waals surface area contributed by atoms with E-state index in [1.54, 1.807) is 22.7 Å². The molecule has 0 radical (unpaired) electrons. The van der Waals surface area contributed by atoms with E-state index < -0.39 is 0 Å². The van der Waals surface area contributed by atoms with Crippen molar-refractivity contribution in [3.63, 3.8) is 0 Å². The molecule has 1 aromatic carbocycles. The van der Waals surface area contributed by atoms with Crippen molar-refractivity contribution in [3.05, 3.63) is 62.8 Å². The van der Waals surface area contributed by atoms with Gasteiger partial charge in [0.1, 0.15) is 5.01 Å². The summed E-state index contributed by atoms with van der Waals surface area (Å²) in [4.78, 5) is 16.7. The van der Waals surface area contributed by atoms with Crippen molar-refractivity contribution in [2.75, 3.05) is 0 Å². The number of rotatable bonds is 5. The van der Waals surface area contributed by atoms with Gasteiger partial charge in [0.2, 0.25) is 5.91 Å². The second kappa shape index (κ2) is 7.25. The zero-order valence-corrected chi connectivity index (χ0v) is 14.8. The van der Waals surface area contributed by atoms with E-state index >= 15 is 0 Å². The largest absolute Gasteiger partial charge is 0.349 e. The van der Waals surface area contributed by atoms with Crippen LogP contribution in [0.25, 0.3) is 10.6 Å². The smallest absolute Gasteiger partial charge is 0.226 e. The maximum absolute atomic E-state index is 12.2. The number of nitrogens with one attached hydrogen (secondary N) is 1. The van der Waals surface area contributed by atoms with Gasteiger partial charge in [-0.15, -0.1) is 11.3 Å². The molecule has 0 aliphatic rings. The lowest BCUT2D eigenvalue weighted by Crippen LogP contribution is -2.28. The molecule has 0 saturated carbocycles. The second-order valence-electron chi connectivity index (χ2n) is 5.18. The lowest BCUT2D eigenvalue weighted by atomic mass is 10.1. The fraction of sp³-hybridized carbons (Fsp3) is 0.176. The predicted octanol–water partition coefficient (Wildman–Crippen LogP) is 4.94. The summed E-state index contributed by atoms with van der Waals surface area (Å²) in [7, 11) is 0. The lowest BCUT2D eigenvalue weighted by molar-refractivity contribution is -0.121. The van der Waals surface area contributed by atoms with Crippen molar-refractivity contribution in [1.82, 2.24) is 10.3 Å².